The number of H-pyrrole nitrogens is 1. The number of hydrogen-bond donors (Lipinski definition) is 2. The van der Waals surface area contributed by atoms with Crippen LogP contribution in [0.15, 0.2) is 6.33 Å². The zero-order chi connectivity index (χ0) is 13.5. The first-order valence-electron chi connectivity index (χ1n) is 5.53. The number of aromatic nitrogens is 3. The number of carbonyl (C=O) groups excluding carboxylic acids is 1. The fourth-order valence-electron chi connectivity index (χ4n) is 1.45. The average molecular weight is 255 g/mol. The number of aromatic amines is 1. The van der Waals surface area contributed by atoms with E-state index in [9.17, 15) is 9.59 Å². The maximum Gasteiger partial charge on any atom is 0.319 e. The summed E-state index contributed by atoms with van der Waals surface area (Å²) in [6, 6.07) is -0.184. The van der Waals surface area contributed by atoms with E-state index in [0.29, 0.717) is 25.3 Å². The van der Waals surface area contributed by atoms with E-state index < -0.39 is 5.97 Å². The van der Waals surface area contributed by atoms with Crippen molar-refractivity contribution in [3.05, 3.63) is 12.2 Å². The van der Waals surface area contributed by atoms with Crippen LogP contribution in [0.25, 0.3) is 0 Å². The molecule has 2 amide bonds. The summed E-state index contributed by atoms with van der Waals surface area (Å²) in [4.78, 5) is 29.1. The lowest BCUT2D eigenvalue weighted by atomic mass is 10.3. The number of rotatable bonds is 6. The van der Waals surface area contributed by atoms with E-state index in [1.165, 1.54) is 16.1 Å². The standard InChI is InChI=1S/C10H17N5O3/c1-14(5-3-4-9(16)17)10(18)15(2)6-8-11-7-12-13-8/h7H,3-6H2,1-2H3,(H,16,17)(H,11,12,13). The molecular weight excluding hydrogens is 238 g/mol. The molecule has 0 unspecified atom stereocenters. The number of carboxylic acids is 1. The van der Waals surface area contributed by atoms with Gasteiger partial charge in [0.2, 0.25) is 0 Å². The van der Waals surface area contributed by atoms with Gasteiger partial charge in [0.1, 0.15) is 12.2 Å². The Kier molecular flexibility index (Phi) is 5.09. The fraction of sp³-hybridized carbons (Fsp3) is 0.600. The molecule has 18 heavy (non-hydrogen) atoms. The molecule has 8 heteroatoms. The van der Waals surface area contributed by atoms with Crippen molar-refractivity contribution in [2.45, 2.75) is 19.4 Å². The summed E-state index contributed by atoms with van der Waals surface area (Å²) in [5.41, 5.74) is 0. The Morgan fingerprint density at radius 2 is 2.11 bits per heavy atom. The van der Waals surface area contributed by atoms with Gasteiger partial charge in [0.15, 0.2) is 0 Å². The van der Waals surface area contributed by atoms with Crippen LogP contribution in [0.4, 0.5) is 4.79 Å². The first-order chi connectivity index (χ1) is 8.50. The molecule has 0 bridgehead atoms. The Morgan fingerprint density at radius 1 is 1.39 bits per heavy atom. The molecule has 0 aromatic carbocycles. The summed E-state index contributed by atoms with van der Waals surface area (Å²) in [6.07, 6.45) is 1.88. The molecule has 1 aromatic rings. The van der Waals surface area contributed by atoms with Gasteiger partial charge in [-0.3, -0.25) is 9.89 Å². The van der Waals surface area contributed by atoms with Crippen LogP contribution in [-0.4, -0.2) is 62.7 Å². The maximum atomic E-state index is 11.9. The summed E-state index contributed by atoms with van der Waals surface area (Å²) in [6.45, 7) is 0.744. The van der Waals surface area contributed by atoms with Gasteiger partial charge in [-0.25, -0.2) is 9.78 Å². The lowest BCUT2D eigenvalue weighted by molar-refractivity contribution is -0.137. The number of nitrogens with one attached hydrogen (secondary N) is 1. The van der Waals surface area contributed by atoms with E-state index in [4.69, 9.17) is 5.11 Å². The topological polar surface area (TPSA) is 102 Å². The molecule has 2 N–H and O–H groups in total. The van der Waals surface area contributed by atoms with Crippen molar-refractivity contribution in [3.63, 3.8) is 0 Å². The van der Waals surface area contributed by atoms with E-state index in [2.05, 4.69) is 15.2 Å². The molecule has 0 aliphatic rings. The molecule has 0 atom stereocenters. The van der Waals surface area contributed by atoms with Crippen LogP contribution in [0.5, 0.6) is 0 Å². The van der Waals surface area contributed by atoms with E-state index >= 15 is 0 Å². The van der Waals surface area contributed by atoms with Gasteiger partial charge in [0.25, 0.3) is 0 Å². The Morgan fingerprint density at radius 3 is 2.67 bits per heavy atom. The molecule has 1 heterocycles. The van der Waals surface area contributed by atoms with Gasteiger partial charge in [-0.05, 0) is 6.42 Å². The molecule has 0 saturated heterocycles. The largest absolute Gasteiger partial charge is 0.481 e. The quantitative estimate of drug-likeness (QED) is 0.753. The highest BCUT2D eigenvalue weighted by molar-refractivity contribution is 5.73. The van der Waals surface area contributed by atoms with Crippen LogP contribution >= 0.6 is 0 Å². The minimum absolute atomic E-state index is 0.0590. The highest BCUT2D eigenvalue weighted by Gasteiger charge is 2.15. The number of nitrogens with zero attached hydrogens (tertiary/aromatic N) is 4. The van der Waals surface area contributed by atoms with Crippen molar-refractivity contribution in [3.8, 4) is 0 Å². The van der Waals surface area contributed by atoms with Gasteiger partial charge in [0, 0.05) is 27.1 Å². The predicted octanol–water partition coefficient (Wildman–Crippen LogP) is 0.153. The molecule has 1 rings (SSSR count). The molecule has 0 aliphatic heterocycles. The minimum Gasteiger partial charge on any atom is -0.481 e. The number of urea groups is 1. The van der Waals surface area contributed by atoms with Crippen LogP contribution in [0.1, 0.15) is 18.7 Å². The van der Waals surface area contributed by atoms with Crippen LogP contribution in [0.2, 0.25) is 0 Å². The monoisotopic (exact) mass is 255 g/mol. The van der Waals surface area contributed by atoms with Gasteiger partial charge < -0.3 is 14.9 Å². The number of carboxylic acid groups (broad SMARTS) is 1. The van der Waals surface area contributed by atoms with Crippen LogP contribution in [-0.2, 0) is 11.3 Å². The molecule has 0 saturated carbocycles. The average Bonchev–Trinajstić information content (AvgIpc) is 2.80. The normalized spacial score (nSPS) is 10.1. The predicted molar refractivity (Wildman–Crippen MR) is 62.7 cm³/mol. The SMILES string of the molecule is CN(CCCC(=O)O)C(=O)N(C)Cc1ncn[nH]1. The molecule has 0 radical (unpaired) electrons. The second-order valence-corrected chi connectivity index (χ2v) is 3.99. The lowest BCUT2D eigenvalue weighted by Gasteiger charge is -2.23. The van der Waals surface area contributed by atoms with E-state index in [0.717, 1.165) is 0 Å². The van der Waals surface area contributed by atoms with Crippen molar-refractivity contribution in [2.24, 2.45) is 0 Å². The first-order valence-corrected chi connectivity index (χ1v) is 5.53. The molecule has 0 aliphatic carbocycles. The fourth-order valence-corrected chi connectivity index (χ4v) is 1.45. The van der Waals surface area contributed by atoms with Crippen molar-refractivity contribution in [1.29, 1.82) is 0 Å². The van der Waals surface area contributed by atoms with Crippen molar-refractivity contribution < 1.29 is 14.7 Å². The Balaban J connectivity index is 2.35. The van der Waals surface area contributed by atoms with Gasteiger partial charge >= 0.3 is 12.0 Å². The maximum absolute atomic E-state index is 11.9. The summed E-state index contributed by atoms with van der Waals surface area (Å²) >= 11 is 0. The lowest BCUT2D eigenvalue weighted by Crippen LogP contribution is -2.39. The van der Waals surface area contributed by atoms with Crippen molar-refractivity contribution in [1.82, 2.24) is 25.0 Å². The number of hydrogen-bond acceptors (Lipinski definition) is 4. The van der Waals surface area contributed by atoms with Crippen LogP contribution in [0.3, 0.4) is 0 Å². The summed E-state index contributed by atoms with van der Waals surface area (Å²) in [7, 11) is 3.29. The third-order valence-corrected chi connectivity index (χ3v) is 2.39. The van der Waals surface area contributed by atoms with Gasteiger partial charge in [-0.2, -0.15) is 5.10 Å². The van der Waals surface area contributed by atoms with E-state index in [1.807, 2.05) is 0 Å². The van der Waals surface area contributed by atoms with E-state index in [-0.39, 0.29) is 12.5 Å². The highest BCUT2D eigenvalue weighted by atomic mass is 16.4. The van der Waals surface area contributed by atoms with Crippen molar-refractivity contribution in [2.75, 3.05) is 20.6 Å². The smallest absolute Gasteiger partial charge is 0.319 e. The number of aliphatic carboxylic acids is 1. The second-order valence-electron chi connectivity index (χ2n) is 3.99. The third-order valence-electron chi connectivity index (χ3n) is 2.39. The highest BCUT2D eigenvalue weighted by Crippen LogP contribution is 2.01. The molecule has 0 spiro atoms. The van der Waals surface area contributed by atoms with Gasteiger partial charge in [-0.1, -0.05) is 0 Å². The third kappa shape index (κ3) is 4.40. The molecule has 1 aromatic heterocycles. The number of carbonyl (C=O) groups is 2. The Labute approximate surface area is 105 Å². The Bertz CT molecular complexity index is 392. The van der Waals surface area contributed by atoms with Crippen molar-refractivity contribution >= 4 is 12.0 Å². The summed E-state index contributed by atoms with van der Waals surface area (Å²) < 4.78 is 0. The summed E-state index contributed by atoms with van der Waals surface area (Å²) in [5.74, 6) is -0.254. The van der Waals surface area contributed by atoms with Crippen LogP contribution in [0, 0.1) is 0 Å². The first kappa shape index (κ1) is 13.9. The van der Waals surface area contributed by atoms with Crippen LogP contribution < -0.4 is 0 Å². The minimum atomic E-state index is -0.856. The molecular formula is C10H17N5O3. The molecule has 100 valence electrons. The summed E-state index contributed by atoms with van der Waals surface area (Å²) in [5, 5.41) is 14.9. The van der Waals surface area contributed by atoms with Gasteiger partial charge in [-0.15, -0.1) is 0 Å². The molecule has 0 fully saturated rings. The zero-order valence-corrected chi connectivity index (χ0v) is 10.5. The second kappa shape index (κ2) is 6.58. The molecule has 8 nitrogen and oxygen atoms in total. The zero-order valence-electron chi connectivity index (χ0n) is 10.5. The van der Waals surface area contributed by atoms with E-state index in [1.54, 1.807) is 14.1 Å². The number of amides is 2. The van der Waals surface area contributed by atoms with Gasteiger partial charge in [0.05, 0.1) is 6.54 Å². The Hall–Kier alpha value is -2.12.